The molecular weight excluding hydrogens is 331 g/mol. The van der Waals surface area contributed by atoms with Crippen LogP contribution in [0.5, 0.6) is 0 Å². The van der Waals surface area contributed by atoms with Crippen LogP contribution in [0.15, 0.2) is 40.9 Å². The number of rotatable bonds is 4. The van der Waals surface area contributed by atoms with Crippen LogP contribution in [0, 0.1) is 17.5 Å². The molecule has 0 amide bonds. The Morgan fingerprint density at radius 1 is 1.05 bits per heavy atom. The Balaban J connectivity index is 2.31. The molecular formula is C15H13BrF3N. The van der Waals surface area contributed by atoms with Gasteiger partial charge in [0.05, 0.1) is 0 Å². The maximum absolute atomic E-state index is 13.8. The molecule has 0 spiro atoms. The lowest BCUT2D eigenvalue weighted by atomic mass is 9.98. The van der Waals surface area contributed by atoms with Gasteiger partial charge in [-0.15, -0.1) is 0 Å². The number of halogens is 4. The number of nitrogens with one attached hydrogen (secondary N) is 1. The second kappa shape index (κ2) is 6.41. The molecule has 106 valence electrons. The molecule has 5 heteroatoms. The third kappa shape index (κ3) is 3.41. The number of benzene rings is 2. The predicted molar refractivity (Wildman–Crippen MR) is 76.0 cm³/mol. The van der Waals surface area contributed by atoms with Gasteiger partial charge in [-0.05, 0) is 37.2 Å². The molecule has 0 radical (unpaired) electrons. The van der Waals surface area contributed by atoms with Gasteiger partial charge in [0.25, 0.3) is 0 Å². The lowest BCUT2D eigenvalue weighted by Gasteiger charge is -2.18. The first-order chi connectivity index (χ1) is 9.51. The molecule has 0 bridgehead atoms. The molecule has 1 atom stereocenters. The fraction of sp³-hybridized carbons (Fsp3) is 0.200. The minimum absolute atomic E-state index is 0.117. The van der Waals surface area contributed by atoms with Crippen molar-refractivity contribution >= 4 is 15.9 Å². The first-order valence-electron chi connectivity index (χ1n) is 6.07. The van der Waals surface area contributed by atoms with E-state index in [9.17, 15) is 13.2 Å². The molecule has 1 N–H and O–H groups in total. The molecule has 20 heavy (non-hydrogen) atoms. The van der Waals surface area contributed by atoms with Gasteiger partial charge in [-0.3, -0.25) is 0 Å². The van der Waals surface area contributed by atoms with Gasteiger partial charge in [-0.2, -0.15) is 0 Å². The van der Waals surface area contributed by atoms with Crippen LogP contribution in [-0.2, 0) is 6.42 Å². The van der Waals surface area contributed by atoms with Crippen LogP contribution in [0.2, 0.25) is 0 Å². The highest BCUT2D eigenvalue weighted by atomic mass is 79.9. The van der Waals surface area contributed by atoms with Crippen molar-refractivity contribution in [3.05, 3.63) is 69.4 Å². The third-order valence-electron chi connectivity index (χ3n) is 3.09. The normalized spacial score (nSPS) is 12.4. The van der Waals surface area contributed by atoms with Gasteiger partial charge in [-0.25, -0.2) is 13.2 Å². The minimum Gasteiger partial charge on any atom is -0.313 e. The van der Waals surface area contributed by atoms with Gasteiger partial charge in [0.2, 0.25) is 0 Å². The quantitative estimate of drug-likeness (QED) is 0.813. The number of hydrogen-bond donors (Lipinski definition) is 1. The smallest absolute Gasteiger partial charge is 0.161 e. The Morgan fingerprint density at radius 2 is 1.75 bits per heavy atom. The van der Waals surface area contributed by atoms with Gasteiger partial charge < -0.3 is 5.32 Å². The molecule has 1 nitrogen and oxygen atoms in total. The van der Waals surface area contributed by atoms with Gasteiger partial charge in [-0.1, -0.05) is 28.1 Å². The number of hydrogen-bond acceptors (Lipinski definition) is 1. The molecule has 0 aliphatic carbocycles. The van der Waals surface area contributed by atoms with E-state index in [4.69, 9.17) is 0 Å². The van der Waals surface area contributed by atoms with E-state index in [1.54, 1.807) is 7.05 Å². The summed E-state index contributed by atoms with van der Waals surface area (Å²) in [6, 6.07) is 8.61. The third-order valence-corrected chi connectivity index (χ3v) is 3.59. The molecule has 0 aromatic heterocycles. The van der Waals surface area contributed by atoms with Crippen LogP contribution in [0.3, 0.4) is 0 Å². The summed E-state index contributed by atoms with van der Waals surface area (Å²) in [6.45, 7) is 0. The average molecular weight is 344 g/mol. The van der Waals surface area contributed by atoms with Crippen LogP contribution in [0.4, 0.5) is 13.2 Å². The fourth-order valence-electron chi connectivity index (χ4n) is 2.07. The lowest BCUT2D eigenvalue weighted by Crippen LogP contribution is -2.20. The highest BCUT2D eigenvalue weighted by Gasteiger charge is 2.18. The molecule has 0 saturated carbocycles. The Bertz CT molecular complexity index is 616. The molecule has 1 unspecified atom stereocenters. The Labute approximate surface area is 123 Å². The zero-order chi connectivity index (χ0) is 14.7. The lowest BCUT2D eigenvalue weighted by molar-refractivity contribution is 0.474. The summed E-state index contributed by atoms with van der Waals surface area (Å²) in [5, 5.41) is 2.93. The SMILES string of the molecule is CNC(Cc1cccc(Br)c1)c1cc(F)c(F)cc1F. The summed E-state index contributed by atoms with van der Waals surface area (Å²) < 4.78 is 41.0. The zero-order valence-electron chi connectivity index (χ0n) is 10.8. The Morgan fingerprint density at radius 3 is 2.40 bits per heavy atom. The maximum atomic E-state index is 13.8. The largest absolute Gasteiger partial charge is 0.313 e. The summed E-state index contributed by atoms with van der Waals surface area (Å²) in [7, 11) is 1.66. The van der Waals surface area contributed by atoms with Crippen molar-refractivity contribution in [1.29, 1.82) is 0 Å². The molecule has 0 fully saturated rings. The second-order valence-electron chi connectivity index (χ2n) is 4.46. The van der Waals surface area contributed by atoms with Crippen molar-refractivity contribution in [2.45, 2.75) is 12.5 Å². The van der Waals surface area contributed by atoms with Gasteiger partial charge in [0.1, 0.15) is 5.82 Å². The predicted octanol–water partition coefficient (Wildman–Crippen LogP) is 4.37. The highest BCUT2D eigenvalue weighted by Crippen LogP contribution is 2.24. The monoisotopic (exact) mass is 343 g/mol. The van der Waals surface area contributed by atoms with Crippen molar-refractivity contribution in [1.82, 2.24) is 5.32 Å². The van der Waals surface area contributed by atoms with Crippen molar-refractivity contribution < 1.29 is 13.2 Å². The molecule has 0 saturated heterocycles. The van der Waals surface area contributed by atoms with E-state index >= 15 is 0 Å². The van der Waals surface area contributed by atoms with E-state index < -0.39 is 23.5 Å². The topological polar surface area (TPSA) is 12.0 Å². The van der Waals surface area contributed by atoms with Crippen LogP contribution in [0.25, 0.3) is 0 Å². The summed E-state index contributed by atoms with van der Waals surface area (Å²) in [5.74, 6) is -2.97. The molecule has 0 aliphatic rings. The van der Waals surface area contributed by atoms with Crippen molar-refractivity contribution in [3.63, 3.8) is 0 Å². The molecule has 0 heterocycles. The first kappa shape index (κ1) is 15.1. The van der Waals surface area contributed by atoms with E-state index in [1.807, 2.05) is 24.3 Å². The highest BCUT2D eigenvalue weighted by molar-refractivity contribution is 9.10. The molecule has 0 aliphatic heterocycles. The standard InChI is InChI=1S/C15H13BrF3N/c1-20-15(6-9-3-2-4-10(16)5-9)11-7-13(18)14(19)8-12(11)17/h2-5,7-8,15,20H,6H2,1H3. The first-order valence-corrected chi connectivity index (χ1v) is 6.86. The van der Waals surface area contributed by atoms with E-state index in [0.29, 0.717) is 12.5 Å². The van der Waals surface area contributed by atoms with E-state index in [0.717, 1.165) is 16.1 Å². The minimum atomic E-state index is -1.18. The van der Waals surface area contributed by atoms with E-state index in [2.05, 4.69) is 21.2 Å². The van der Waals surface area contributed by atoms with E-state index in [1.165, 1.54) is 0 Å². The summed E-state index contributed by atoms with van der Waals surface area (Å²) in [6.07, 6.45) is 0.470. The molecule has 2 aromatic rings. The van der Waals surface area contributed by atoms with Gasteiger partial charge in [0.15, 0.2) is 11.6 Å². The van der Waals surface area contributed by atoms with Crippen molar-refractivity contribution in [2.75, 3.05) is 7.05 Å². The van der Waals surface area contributed by atoms with Crippen molar-refractivity contribution in [3.8, 4) is 0 Å². The molecule has 2 aromatic carbocycles. The second-order valence-corrected chi connectivity index (χ2v) is 5.38. The molecule has 2 rings (SSSR count). The Kier molecular flexibility index (Phi) is 4.83. The fourth-order valence-corrected chi connectivity index (χ4v) is 2.52. The number of likely N-dealkylation sites (N-methyl/N-ethyl adjacent to an activating group) is 1. The average Bonchev–Trinajstić information content (AvgIpc) is 2.40. The summed E-state index contributed by atoms with van der Waals surface area (Å²) in [5.41, 5.74) is 1.08. The Hall–Kier alpha value is -1.33. The summed E-state index contributed by atoms with van der Waals surface area (Å²) >= 11 is 3.36. The van der Waals surface area contributed by atoms with Gasteiger partial charge >= 0.3 is 0 Å². The zero-order valence-corrected chi connectivity index (χ0v) is 12.3. The van der Waals surface area contributed by atoms with Crippen molar-refractivity contribution in [2.24, 2.45) is 0 Å². The van der Waals surface area contributed by atoms with Gasteiger partial charge in [0, 0.05) is 22.1 Å². The van der Waals surface area contributed by atoms with Crippen LogP contribution >= 0.6 is 15.9 Å². The van der Waals surface area contributed by atoms with E-state index in [-0.39, 0.29) is 5.56 Å². The van der Waals surface area contributed by atoms with Crippen LogP contribution in [-0.4, -0.2) is 7.05 Å². The maximum Gasteiger partial charge on any atom is 0.161 e. The summed E-state index contributed by atoms with van der Waals surface area (Å²) in [4.78, 5) is 0. The van der Waals surface area contributed by atoms with Crippen LogP contribution in [0.1, 0.15) is 17.2 Å². The van der Waals surface area contributed by atoms with Crippen LogP contribution < -0.4 is 5.32 Å².